The smallest absolute Gasteiger partial charge is 0.289 e. The van der Waals surface area contributed by atoms with Crippen molar-refractivity contribution < 1.29 is 22.9 Å². The first-order chi connectivity index (χ1) is 13.9. The van der Waals surface area contributed by atoms with Crippen molar-refractivity contribution in [2.45, 2.75) is 17.4 Å². The highest BCUT2D eigenvalue weighted by molar-refractivity contribution is 7.89. The van der Waals surface area contributed by atoms with Gasteiger partial charge in [-0.1, -0.05) is 30.3 Å². The lowest BCUT2D eigenvalue weighted by Crippen LogP contribution is -2.53. The van der Waals surface area contributed by atoms with E-state index >= 15 is 0 Å². The first-order valence-corrected chi connectivity index (χ1v) is 10.6. The average Bonchev–Trinajstić information content (AvgIpc) is 3.17. The first kappa shape index (κ1) is 19.3. The van der Waals surface area contributed by atoms with Crippen LogP contribution in [0.2, 0.25) is 0 Å². The highest BCUT2D eigenvalue weighted by Crippen LogP contribution is 2.30. The molecule has 2 aromatic rings. The van der Waals surface area contributed by atoms with Crippen molar-refractivity contribution >= 4 is 21.6 Å². The van der Waals surface area contributed by atoms with Crippen LogP contribution in [0, 0.1) is 10.1 Å². The zero-order chi connectivity index (χ0) is 20.6. The van der Waals surface area contributed by atoms with Gasteiger partial charge in [0.2, 0.25) is 10.0 Å². The van der Waals surface area contributed by atoms with E-state index in [-0.39, 0.29) is 37.0 Å². The molecule has 152 valence electrons. The second kappa shape index (κ2) is 7.45. The zero-order valence-electron chi connectivity index (χ0n) is 15.4. The topological polar surface area (TPSA) is 110 Å². The number of sulfonamides is 1. The molecule has 2 aliphatic heterocycles. The van der Waals surface area contributed by atoms with E-state index in [0.717, 1.165) is 5.56 Å². The summed E-state index contributed by atoms with van der Waals surface area (Å²) in [6.45, 7) is 0.545. The largest absolute Gasteiger partial charge is 0.480 e. The quantitative estimate of drug-likeness (QED) is 0.550. The summed E-state index contributed by atoms with van der Waals surface area (Å²) in [7, 11) is -4.03. The summed E-state index contributed by atoms with van der Waals surface area (Å²) in [5.74, 6) is 0.521. The molecule has 1 amide bonds. The van der Waals surface area contributed by atoms with Crippen LogP contribution in [-0.4, -0.2) is 60.7 Å². The minimum Gasteiger partial charge on any atom is -0.480 e. The molecule has 0 aromatic heterocycles. The number of hydrogen-bond acceptors (Lipinski definition) is 6. The van der Waals surface area contributed by atoms with Gasteiger partial charge in [0.05, 0.1) is 4.92 Å². The summed E-state index contributed by atoms with van der Waals surface area (Å²) in [5, 5.41) is 11.2. The maximum atomic E-state index is 12.9. The Morgan fingerprint density at radius 1 is 1.03 bits per heavy atom. The van der Waals surface area contributed by atoms with Gasteiger partial charge in [0, 0.05) is 38.7 Å². The van der Waals surface area contributed by atoms with Gasteiger partial charge in [-0.05, 0) is 17.7 Å². The molecular weight excluding hydrogens is 398 g/mol. The van der Waals surface area contributed by atoms with Crippen molar-refractivity contribution in [1.29, 1.82) is 0 Å². The van der Waals surface area contributed by atoms with E-state index in [0.29, 0.717) is 12.2 Å². The molecule has 2 aromatic carbocycles. The van der Waals surface area contributed by atoms with Crippen LogP contribution in [0.25, 0.3) is 0 Å². The molecule has 4 rings (SSSR count). The number of piperazine rings is 1. The predicted molar refractivity (Wildman–Crippen MR) is 103 cm³/mol. The lowest BCUT2D eigenvalue weighted by molar-refractivity contribution is -0.387. The SMILES string of the molecule is O=C([C@@H]1Cc2ccccc2O1)N1CCN(S(=O)(=O)c2ccccc2[N+](=O)[O-])CC1. The van der Waals surface area contributed by atoms with Crippen LogP contribution in [0.3, 0.4) is 0 Å². The first-order valence-electron chi connectivity index (χ1n) is 9.15. The third-order valence-corrected chi connectivity index (χ3v) is 7.10. The molecule has 0 aliphatic carbocycles. The summed E-state index contributed by atoms with van der Waals surface area (Å²) in [4.78, 5) is 24.5. The maximum Gasteiger partial charge on any atom is 0.289 e. The second-order valence-electron chi connectivity index (χ2n) is 6.87. The molecule has 29 heavy (non-hydrogen) atoms. The number of rotatable bonds is 4. The normalized spacial score (nSPS) is 19.4. The number of para-hydroxylation sites is 2. The number of amides is 1. The van der Waals surface area contributed by atoms with Gasteiger partial charge in [0.1, 0.15) is 5.75 Å². The van der Waals surface area contributed by atoms with Gasteiger partial charge < -0.3 is 9.64 Å². The molecule has 2 aliphatic rings. The fourth-order valence-corrected chi connectivity index (χ4v) is 5.22. The molecule has 0 radical (unpaired) electrons. The molecule has 0 bridgehead atoms. The number of benzene rings is 2. The van der Waals surface area contributed by atoms with Crippen molar-refractivity contribution in [2.24, 2.45) is 0 Å². The number of nitro benzene ring substituents is 1. The number of carbonyl (C=O) groups excluding carboxylic acids is 1. The Bertz CT molecular complexity index is 1040. The number of nitro groups is 1. The summed E-state index contributed by atoms with van der Waals surface area (Å²) >= 11 is 0. The molecule has 9 nitrogen and oxygen atoms in total. The van der Waals surface area contributed by atoms with Gasteiger partial charge in [-0.15, -0.1) is 0 Å². The van der Waals surface area contributed by atoms with E-state index in [2.05, 4.69) is 0 Å². The van der Waals surface area contributed by atoms with Crippen LogP contribution in [0.4, 0.5) is 5.69 Å². The summed E-state index contributed by atoms with van der Waals surface area (Å²) in [6.07, 6.45) is -0.116. The summed E-state index contributed by atoms with van der Waals surface area (Å²) in [5.41, 5.74) is 0.520. The fraction of sp³-hybridized carbons (Fsp3) is 0.316. The third kappa shape index (κ3) is 3.56. The Kier molecular flexibility index (Phi) is 4.97. The Morgan fingerprint density at radius 3 is 2.38 bits per heavy atom. The minimum absolute atomic E-state index is 0.0692. The Balaban J connectivity index is 1.43. The van der Waals surface area contributed by atoms with Crippen LogP contribution in [0.1, 0.15) is 5.56 Å². The lowest BCUT2D eigenvalue weighted by atomic mass is 10.1. The van der Waals surface area contributed by atoms with Gasteiger partial charge in [0.25, 0.3) is 11.6 Å². The monoisotopic (exact) mass is 417 g/mol. The summed E-state index contributed by atoms with van der Waals surface area (Å²) in [6, 6.07) is 12.7. The highest BCUT2D eigenvalue weighted by atomic mass is 32.2. The lowest BCUT2D eigenvalue weighted by Gasteiger charge is -2.34. The third-order valence-electron chi connectivity index (χ3n) is 5.15. The van der Waals surface area contributed by atoms with E-state index in [1.165, 1.54) is 28.6 Å². The molecule has 0 unspecified atom stereocenters. The number of hydrogen-bond donors (Lipinski definition) is 0. The molecular formula is C19H19N3O6S. The Morgan fingerprint density at radius 2 is 1.69 bits per heavy atom. The van der Waals surface area contributed by atoms with E-state index in [9.17, 15) is 23.3 Å². The Hall–Kier alpha value is -2.98. The van der Waals surface area contributed by atoms with Gasteiger partial charge in [-0.25, -0.2) is 8.42 Å². The fourth-order valence-electron chi connectivity index (χ4n) is 3.64. The van der Waals surface area contributed by atoms with Crippen LogP contribution in [0.15, 0.2) is 53.4 Å². The van der Waals surface area contributed by atoms with E-state index in [1.807, 2.05) is 24.3 Å². The second-order valence-corrected chi connectivity index (χ2v) is 8.78. The van der Waals surface area contributed by atoms with Gasteiger partial charge in [-0.3, -0.25) is 14.9 Å². The van der Waals surface area contributed by atoms with Crippen molar-refractivity contribution in [3.05, 3.63) is 64.2 Å². The van der Waals surface area contributed by atoms with E-state index in [4.69, 9.17) is 4.74 Å². The minimum atomic E-state index is -4.03. The molecule has 10 heteroatoms. The van der Waals surface area contributed by atoms with Crippen LogP contribution in [0.5, 0.6) is 5.75 Å². The summed E-state index contributed by atoms with van der Waals surface area (Å²) < 4.78 is 32.7. The standard InChI is InChI=1S/C19H19N3O6S/c23-19(17-13-14-5-1-3-7-16(14)28-17)20-9-11-21(12-10-20)29(26,27)18-8-4-2-6-15(18)22(24)25/h1-8,17H,9-13H2/t17-/m0/s1. The molecule has 2 heterocycles. The molecule has 1 atom stereocenters. The number of fused-ring (bicyclic) bond motifs is 1. The van der Waals surface area contributed by atoms with Crippen LogP contribution >= 0.6 is 0 Å². The van der Waals surface area contributed by atoms with Crippen LogP contribution < -0.4 is 4.74 Å². The van der Waals surface area contributed by atoms with Crippen LogP contribution in [-0.2, 0) is 21.2 Å². The van der Waals surface area contributed by atoms with E-state index in [1.54, 1.807) is 4.90 Å². The van der Waals surface area contributed by atoms with Crippen molar-refractivity contribution in [3.8, 4) is 5.75 Å². The molecule has 1 saturated heterocycles. The van der Waals surface area contributed by atoms with E-state index < -0.39 is 26.7 Å². The average molecular weight is 417 g/mol. The van der Waals surface area contributed by atoms with Gasteiger partial charge in [-0.2, -0.15) is 4.31 Å². The molecule has 0 saturated carbocycles. The predicted octanol–water partition coefficient (Wildman–Crippen LogP) is 1.43. The van der Waals surface area contributed by atoms with Crippen molar-refractivity contribution in [2.75, 3.05) is 26.2 Å². The van der Waals surface area contributed by atoms with Gasteiger partial charge >= 0.3 is 0 Å². The highest BCUT2D eigenvalue weighted by Gasteiger charge is 2.37. The zero-order valence-corrected chi connectivity index (χ0v) is 16.2. The molecule has 0 spiro atoms. The maximum absolute atomic E-state index is 12.9. The molecule has 1 fully saturated rings. The van der Waals surface area contributed by atoms with Crippen molar-refractivity contribution in [3.63, 3.8) is 0 Å². The molecule has 0 N–H and O–H groups in total. The number of carbonyl (C=O) groups is 1. The Labute approximate surface area is 167 Å². The van der Waals surface area contributed by atoms with Crippen molar-refractivity contribution in [1.82, 2.24) is 9.21 Å². The number of ether oxygens (including phenoxy) is 1. The van der Waals surface area contributed by atoms with Gasteiger partial charge in [0.15, 0.2) is 11.0 Å². The number of nitrogens with zero attached hydrogens (tertiary/aromatic N) is 3.